The molecule has 1 aromatic heterocycles. The van der Waals surface area contributed by atoms with E-state index in [1.165, 1.54) is 22.5 Å². The summed E-state index contributed by atoms with van der Waals surface area (Å²) in [6.07, 6.45) is 0.892. The molecule has 1 amide bonds. The van der Waals surface area contributed by atoms with E-state index in [0.29, 0.717) is 22.4 Å². The maximum atomic E-state index is 12.3. The second-order valence-electron chi connectivity index (χ2n) is 5.20. The molecule has 1 unspecified atom stereocenters. The van der Waals surface area contributed by atoms with Crippen LogP contribution >= 0.6 is 22.9 Å². The zero-order chi connectivity index (χ0) is 14.8. The number of nitrogens with zero attached hydrogens (tertiary/aromatic N) is 1. The van der Waals surface area contributed by atoms with Gasteiger partial charge in [0.15, 0.2) is 0 Å². The molecule has 0 saturated carbocycles. The van der Waals surface area contributed by atoms with E-state index in [1.54, 1.807) is 24.1 Å². The third kappa shape index (κ3) is 3.28. The summed E-state index contributed by atoms with van der Waals surface area (Å²) in [5.41, 5.74) is 2.56. The van der Waals surface area contributed by atoms with Crippen molar-refractivity contribution < 1.29 is 9.53 Å². The number of halogens is 1. The monoisotopic (exact) mass is 321 g/mol. The Balaban J connectivity index is 1.63. The zero-order valence-electron chi connectivity index (χ0n) is 11.7. The number of carbonyl (C=O) groups is 1. The molecule has 2 heterocycles. The van der Waals surface area contributed by atoms with Gasteiger partial charge < -0.3 is 9.64 Å². The van der Waals surface area contributed by atoms with Crippen molar-refractivity contribution in [3.63, 3.8) is 0 Å². The summed E-state index contributed by atoms with van der Waals surface area (Å²) in [7, 11) is 1.81. The van der Waals surface area contributed by atoms with Crippen LogP contribution in [0.2, 0.25) is 4.34 Å². The highest BCUT2D eigenvalue weighted by molar-refractivity contribution is 7.17. The fourth-order valence-corrected chi connectivity index (χ4v) is 3.57. The Morgan fingerprint density at radius 1 is 1.33 bits per heavy atom. The smallest absolute Gasteiger partial charge is 0.263 e. The molecule has 21 heavy (non-hydrogen) atoms. The molecule has 0 bridgehead atoms. The van der Waals surface area contributed by atoms with Crippen molar-refractivity contribution >= 4 is 28.8 Å². The van der Waals surface area contributed by atoms with E-state index in [-0.39, 0.29) is 12.0 Å². The molecule has 0 aliphatic carbocycles. The molecule has 0 radical (unpaired) electrons. The number of amides is 1. The van der Waals surface area contributed by atoms with Gasteiger partial charge in [-0.25, -0.2) is 0 Å². The van der Waals surface area contributed by atoms with Gasteiger partial charge >= 0.3 is 0 Å². The van der Waals surface area contributed by atoms with Crippen LogP contribution in [0.5, 0.6) is 0 Å². The molecule has 5 heteroatoms. The first-order chi connectivity index (χ1) is 10.1. The lowest BCUT2D eigenvalue weighted by molar-refractivity contribution is 0.00995. The number of benzene rings is 1. The third-order valence-corrected chi connectivity index (χ3v) is 4.87. The SMILES string of the molecule is CN(CC1Cc2ccccc2CO1)C(=O)c1ccc(Cl)s1. The van der Waals surface area contributed by atoms with Crippen LogP contribution in [0, 0.1) is 0 Å². The molecule has 3 rings (SSSR count). The number of rotatable bonds is 3. The van der Waals surface area contributed by atoms with Gasteiger partial charge in [-0.1, -0.05) is 35.9 Å². The first kappa shape index (κ1) is 14.6. The van der Waals surface area contributed by atoms with Gasteiger partial charge in [0.25, 0.3) is 5.91 Å². The Morgan fingerprint density at radius 3 is 2.81 bits per heavy atom. The van der Waals surface area contributed by atoms with Gasteiger partial charge in [0.1, 0.15) is 0 Å². The average Bonchev–Trinajstić information content (AvgIpc) is 2.93. The van der Waals surface area contributed by atoms with Gasteiger partial charge in [-0.15, -0.1) is 11.3 Å². The van der Waals surface area contributed by atoms with E-state index in [2.05, 4.69) is 12.1 Å². The number of hydrogen-bond acceptors (Lipinski definition) is 3. The van der Waals surface area contributed by atoms with E-state index in [4.69, 9.17) is 16.3 Å². The maximum absolute atomic E-state index is 12.3. The van der Waals surface area contributed by atoms with Gasteiger partial charge in [0, 0.05) is 20.0 Å². The topological polar surface area (TPSA) is 29.5 Å². The number of hydrogen-bond donors (Lipinski definition) is 0. The highest BCUT2D eigenvalue weighted by Crippen LogP contribution is 2.24. The van der Waals surface area contributed by atoms with Gasteiger partial charge in [0.05, 0.1) is 21.9 Å². The van der Waals surface area contributed by atoms with Crippen LogP contribution in [0.25, 0.3) is 0 Å². The predicted octanol–water partition coefficient (Wildman–Crippen LogP) is 3.62. The normalized spacial score (nSPS) is 17.3. The van der Waals surface area contributed by atoms with E-state index < -0.39 is 0 Å². The van der Waals surface area contributed by atoms with Crippen LogP contribution < -0.4 is 0 Å². The minimum absolute atomic E-state index is 0.00522. The molecule has 3 nitrogen and oxygen atoms in total. The van der Waals surface area contributed by atoms with Gasteiger partial charge in [0.2, 0.25) is 0 Å². The van der Waals surface area contributed by atoms with Gasteiger partial charge in [-0.2, -0.15) is 0 Å². The summed E-state index contributed by atoms with van der Waals surface area (Å²) in [6, 6.07) is 11.8. The highest BCUT2D eigenvalue weighted by atomic mass is 35.5. The second kappa shape index (κ2) is 6.18. The summed E-state index contributed by atoms with van der Waals surface area (Å²) in [6.45, 7) is 1.20. The quantitative estimate of drug-likeness (QED) is 0.864. The van der Waals surface area contributed by atoms with Crippen molar-refractivity contribution in [1.82, 2.24) is 4.90 Å². The van der Waals surface area contributed by atoms with Gasteiger partial charge in [-0.05, 0) is 23.3 Å². The summed E-state index contributed by atoms with van der Waals surface area (Å²) in [5.74, 6) is -0.00522. The van der Waals surface area contributed by atoms with E-state index >= 15 is 0 Å². The molecule has 1 atom stereocenters. The molecule has 2 aromatic rings. The van der Waals surface area contributed by atoms with Crippen LogP contribution in [0.4, 0.5) is 0 Å². The second-order valence-corrected chi connectivity index (χ2v) is 6.91. The summed E-state index contributed by atoms with van der Waals surface area (Å²) >= 11 is 7.19. The molecule has 0 N–H and O–H groups in total. The minimum atomic E-state index is -0.00522. The standard InChI is InChI=1S/C16H16ClNO2S/c1-18(16(19)14-6-7-15(17)21-14)9-13-8-11-4-2-3-5-12(11)10-20-13/h2-7,13H,8-10H2,1H3. The van der Waals surface area contributed by atoms with Crippen molar-refractivity contribution in [3.05, 3.63) is 56.7 Å². The Hall–Kier alpha value is -1.36. The number of carbonyl (C=O) groups excluding carboxylic acids is 1. The van der Waals surface area contributed by atoms with Gasteiger partial charge in [-0.3, -0.25) is 4.79 Å². The Bertz CT molecular complexity index is 655. The van der Waals surface area contributed by atoms with Crippen molar-refractivity contribution in [2.75, 3.05) is 13.6 Å². The fourth-order valence-electron chi connectivity index (χ4n) is 2.53. The molecule has 0 fully saturated rings. The average molecular weight is 322 g/mol. The van der Waals surface area contributed by atoms with Crippen LogP contribution in [-0.2, 0) is 17.8 Å². The fraction of sp³-hybridized carbons (Fsp3) is 0.312. The molecule has 0 saturated heterocycles. The third-order valence-electron chi connectivity index (χ3n) is 3.65. The lowest BCUT2D eigenvalue weighted by atomic mass is 9.99. The van der Waals surface area contributed by atoms with E-state index in [9.17, 15) is 4.79 Å². The maximum Gasteiger partial charge on any atom is 0.263 e. The van der Waals surface area contributed by atoms with Crippen molar-refractivity contribution in [3.8, 4) is 0 Å². The Kier molecular flexibility index (Phi) is 4.29. The first-order valence-corrected chi connectivity index (χ1v) is 8.02. The summed E-state index contributed by atoms with van der Waals surface area (Å²) in [4.78, 5) is 14.7. The van der Waals surface area contributed by atoms with E-state index in [0.717, 1.165) is 6.42 Å². The molecule has 110 valence electrons. The molecule has 1 aliphatic heterocycles. The largest absolute Gasteiger partial charge is 0.371 e. The van der Waals surface area contributed by atoms with Crippen LogP contribution in [0.3, 0.4) is 0 Å². The van der Waals surface area contributed by atoms with Crippen LogP contribution in [-0.4, -0.2) is 30.5 Å². The molecular formula is C16H16ClNO2S. The summed E-state index contributed by atoms with van der Waals surface area (Å²) < 4.78 is 6.48. The Morgan fingerprint density at radius 2 is 2.10 bits per heavy atom. The molecule has 1 aliphatic rings. The lowest BCUT2D eigenvalue weighted by Gasteiger charge is -2.28. The molecule has 0 spiro atoms. The lowest BCUT2D eigenvalue weighted by Crippen LogP contribution is -2.38. The summed E-state index contributed by atoms with van der Waals surface area (Å²) in [5, 5.41) is 0. The van der Waals surface area contributed by atoms with Crippen molar-refractivity contribution in [1.29, 1.82) is 0 Å². The number of fused-ring (bicyclic) bond motifs is 1. The minimum Gasteiger partial charge on any atom is -0.371 e. The van der Waals surface area contributed by atoms with Crippen molar-refractivity contribution in [2.45, 2.75) is 19.1 Å². The van der Waals surface area contributed by atoms with Crippen LogP contribution in [0.15, 0.2) is 36.4 Å². The number of likely N-dealkylation sites (N-methyl/N-ethyl adjacent to an activating group) is 1. The van der Waals surface area contributed by atoms with Crippen LogP contribution in [0.1, 0.15) is 20.8 Å². The first-order valence-electron chi connectivity index (χ1n) is 6.82. The number of thiophene rings is 1. The van der Waals surface area contributed by atoms with Crippen molar-refractivity contribution in [2.24, 2.45) is 0 Å². The predicted molar refractivity (Wildman–Crippen MR) is 85.0 cm³/mol. The Labute approximate surface area is 133 Å². The zero-order valence-corrected chi connectivity index (χ0v) is 13.3. The van der Waals surface area contributed by atoms with E-state index in [1.807, 2.05) is 12.1 Å². The molecule has 1 aromatic carbocycles. The molecular weight excluding hydrogens is 306 g/mol. The number of ether oxygens (including phenoxy) is 1. The highest BCUT2D eigenvalue weighted by Gasteiger charge is 2.23.